The van der Waals surface area contributed by atoms with Gasteiger partial charge in [0.1, 0.15) is 5.82 Å². The van der Waals surface area contributed by atoms with Crippen molar-refractivity contribution in [3.63, 3.8) is 0 Å². The summed E-state index contributed by atoms with van der Waals surface area (Å²) in [5.41, 5.74) is 4.13. The molecule has 1 aliphatic rings. The van der Waals surface area contributed by atoms with Crippen LogP contribution in [0.2, 0.25) is 0 Å². The molecule has 2 N–H and O–H groups in total. The van der Waals surface area contributed by atoms with E-state index in [9.17, 15) is 9.18 Å². The molecule has 0 aromatic heterocycles. The Labute approximate surface area is 154 Å². The Kier molecular flexibility index (Phi) is 4.78. The lowest BCUT2D eigenvalue weighted by atomic mass is 9.85. The Bertz CT molecular complexity index is 842. The number of halogens is 1. The van der Waals surface area contributed by atoms with Crippen molar-refractivity contribution in [1.29, 1.82) is 0 Å². The van der Waals surface area contributed by atoms with E-state index in [2.05, 4.69) is 31.3 Å². The lowest BCUT2D eigenvalue weighted by molar-refractivity contribution is 0.175. The van der Waals surface area contributed by atoms with Crippen LogP contribution in [0.4, 0.5) is 9.18 Å². The monoisotopic (exact) mass is 355 g/mol. The van der Waals surface area contributed by atoms with E-state index in [4.69, 9.17) is 5.11 Å². The average Bonchev–Trinajstić information content (AvgIpc) is 2.76. The standard InChI is InChI=1S/C22H26FNO2/c1-13(2)8-14-6-5-7-15(9-14)17-10-16-12-22(3,4)20(24-21(25)26)18(16)11-19(17)23/h5-7,9-11,13,20,24H,8,12H2,1-4H3,(H,25,26). The Balaban J connectivity index is 2.02. The maximum absolute atomic E-state index is 14.9. The minimum atomic E-state index is -1.08. The quantitative estimate of drug-likeness (QED) is 0.752. The van der Waals surface area contributed by atoms with E-state index in [0.29, 0.717) is 17.9 Å². The first-order valence-electron chi connectivity index (χ1n) is 9.08. The summed E-state index contributed by atoms with van der Waals surface area (Å²) in [6.45, 7) is 8.35. The van der Waals surface area contributed by atoms with Gasteiger partial charge in [0.25, 0.3) is 0 Å². The van der Waals surface area contributed by atoms with Crippen LogP contribution >= 0.6 is 0 Å². The molecule has 2 aromatic rings. The first kappa shape index (κ1) is 18.4. The zero-order chi connectivity index (χ0) is 19.1. The number of hydrogen-bond acceptors (Lipinski definition) is 1. The Morgan fingerprint density at radius 1 is 1.31 bits per heavy atom. The smallest absolute Gasteiger partial charge is 0.405 e. The molecule has 1 atom stereocenters. The van der Waals surface area contributed by atoms with Crippen LogP contribution in [-0.2, 0) is 12.8 Å². The molecule has 1 unspecified atom stereocenters. The zero-order valence-electron chi connectivity index (χ0n) is 15.8. The predicted octanol–water partition coefficient (Wildman–Crippen LogP) is 5.58. The summed E-state index contributed by atoms with van der Waals surface area (Å²) < 4.78 is 14.9. The molecule has 138 valence electrons. The van der Waals surface area contributed by atoms with E-state index < -0.39 is 12.1 Å². The maximum atomic E-state index is 14.9. The molecule has 0 bridgehead atoms. The minimum Gasteiger partial charge on any atom is -0.465 e. The molecule has 26 heavy (non-hydrogen) atoms. The SMILES string of the molecule is CC(C)Cc1cccc(-c2cc3c(cc2F)C(NC(=O)O)C(C)(C)C3)c1. The largest absolute Gasteiger partial charge is 0.465 e. The van der Waals surface area contributed by atoms with Crippen LogP contribution in [0.15, 0.2) is 36.4 Å². The van der Waals surface area contributed by atoms with Gasteiger partial charge in [-0.2, -0.15) is 0 Å². The van der Waals surface area contributed by atoms with Crippen molar-refractivity contribution in [3.05, 3.63) is 58.9 Å². The lowest BCUT2D eigenvalue weighted by Crippen LogP contribution is -2.34. The number of carboxylic acid groups (broad SMARTS) is 1. The van der Waals surface area contributed by atoms with Crippen LogP contribution in [0.5, 0.6) is 0 Å². The number of carbonyl (C=O) groups is 1. The van der Waals surface area contributed by atoms with Crippen molar-refractivity contribution < 1.29 is 14.3 Å². The normalized spacial score (nSPS) is 18.0. The van der Waals surface area contributed by atoms with Gasteiger partial charge in [0, 0.05) is 5.56 Å². The van der Waals surface area contributed by atoms with Crippen LogP contribution < -0.4 is 5.32 Å². The number of rotatable bonds is 4. The van der Waals surface area contributed by atoms with Crippen molar-refractivity contribution in [2.75, 3.05) is 0 Å². The third-order valence-electron chi connectivity index (χ3n) is 5.12. The van der Waals surface area contributed by atoms with E-state index in [1.54, 1.807) is 0 Å². The first-order valence-corrected chi connectivity index (χ1v) is 9.08. The van der Waals surface area contributed by atoms with Gasteiger partial charge in [0.15, 0.2) is 0 Å². The third kappa shape index (κ3) is 3.59. The van der Waals surface area contributed by atoms with Crippen molar-refractivity contribution in [1.82, 2.24) is 5.32 Å². The molecule has 2 aromatic carbocycles. The number of amides is 1. The Hall–Kier alpha value is -2.36. The average molecular weight is 355 g/mol. The highest BCUT2D eigenvalue weighted by atomic mass is 19.1. The summed E-state index contributed by atoms with van der Waals surface area (Å²) in [6.07, 6.45) is 0.589. The third-order valence-corrected chi connectivity index (χ3v) is 5.12. The molecule has 0 spiro atoms. The van der Waals surface area contributed by atoms with Gasteiger partial charge in [-0.1, -0.05) is 52.0 Å². The van der Waals surface area contributed by atoms with E-state index in [1.807, 2.05) is 32.0 Å². The first-order chi connectivity index (χ1) is 12.2. The number of nitrogens with one attached hydrogen (secondary N) is 1. The second-order valence-electron chi connectivity index (χ2n) is 8.38. The number of hydrogen-bond donors (Lipinski definition) is 2. The molecular formula is C22H26FNO2. The minimum absolute atomic E-state index is 0.286. The maximum Gasteiger partial charge on any atom is 0.405 e. The van der Waals surface area contributed by atoms with Crippen LogP contribution in [-0.4, -0.2) is 11.2 Å². The molecule has 0 aliphatic heterocycles. The molecule has 3 rings (SSSR count). The summed E-state index contributed by atoms with van der Waals surface area (Å²) in [7, 11) is 0. The van der Waals surface area contributed by atoms with Crippen LogP contribution in [0.1, 0.15) is 50.4 Å². The second kappa shape index (κ2) is 6.75. The van der Waals surface area contributed by atoms with E-state index in [0.717, 1.165) is 23.1 Å². The topological polar surface area (TPSA) is 49.3 Å². The second-order valence-corrected chi connectivity index (χ2v) is 8.38. The fraction of sp³-hybridized carbons (Fsp3) is 0.409. The van der Waals surface area contributed by atoms with Crippen molar-refractivity contribution in [2.24, 2.45) is 11.3 Å². The van der Waals surface area contributed by atoms with E-state index >= 15 is 0 Å². The summed E-state index contributed by atoms with van der Waals surface area (Å²) in [4.78, 5) is 11.1. The predicted molar refractivity (Wildman–Crippen MR) is 102 cm³/mol. The van der Waals surface area contributed by atoms with Gasteiger partial charge in [-0.25, -0.2) is 9.18 Å². The molecule has 3 nitrogen and oxygen atoms in total. The summed E-state index contributed by atoms with van der Waals surface area (Å²) in [5, 5.41) is 11.7. The van der Waals surface area contributed by atoms with Gasteiger partial charge < -0.3 is 10.4 Å². The van der Waals surface area contributed by atoms with Crippen molar-refractivity contribution in [2.45, 2.75) is 46.6 Å². The van der Waals surface area contributed by atoms with Gasteiger partial charge >= 0.3 is 6.09 Å². The van der Waals surface area contributed by atoms with Crippen LogP contribution in [0.25, 0.3) is 11.1 Å². The fourth-order valence-corrected chi connectivity index (χ4v) is 4.02. The van der Waals surface area contributed by atoms with E-state index in [-0.39, 0.29) is 11.2 Å². The van der Waals surface area contributed by atoms with Gasteiger partial charge in [0.05, 0.1) is 6.04 Å². The zero-order valence-corrected chi connectivity index (χ0v) is 15.8. The van der Waals surface area contributed by atoms with Gasteiger partial charge in [-0.15, -0.1) is 0 Å². The molecule has 4 heteroatoms. The summed E-state index contributed by atoms with van der Waals surface area (Å²) >= 11 is 0. The highest BCUT2D eigenvalue weighted by Gasteiger charge is 2.40. The van der Waals surface area contributed by atoms with Gasteiger partial charge in [0.2, 0.25) is 0 Å². The molecule has 0 heterocycles. The van der Waals surface area contributed by atoms with Crippen molar-refractivity contribution in [3.8, 4) is 11.1 Å². The van der Waals surface area contributed by atoms with E-state index in [1.165, 1.54) is 11.6 Å². The van der Waals surface area contributed by atoms with Crippen LogP contribution in [0, 0.1) is 17.2 Å². The highest BCUT2D eigenvalue weighted by Crippen LogP contribution is 2.46. The molecule has 1 amide bonds. The lowest BCUT2D eigenvalue weighted by Gasteiger charge is -2.27. The fourth-order valence-electron chi connectivity index (χ4n) is 4.02. The molecule has 0 saturated heterocycles. The Morgan fingerprint density at radius 3 is 2.69 bits per heavy atom. The van der Waals surface area contributed by atoms with Crippen LogP contribution in [0.3, 0.4) is 0 Å². The molecular weight excluding hydrogens is 329 g/mol. The highest BCUT2D eigenvalue weighted by molar-refractivity contribution is 5.69. The Morgan fingerprint density at radius 2 is 2.04 bits per heavy atom. The van der Waals surface area contributed by atoms with Gasteiger partial charge in [-0.3, -0.25) is 0 Å². The summed E-state index contributed by atoms with van der Waals surface area (Å²) in [6, 6.07) is 11.0. The van der Waals surface area contributed by atoms with Crippen molar-refractivity contribution >= 4 is 6.09 Å². The number of benzene rings is 2. The van der Waals surface area contributed by atoms with Gasteiger partial charge in [-0.05, 0) is 58.6 Å². The molecule has 0 saturated carbocycles. The molecule has 0 fully saturated rings. The molecule has 0 radical (unpaired) electrons. The molecule has 1 aliphatic carbocycles. The number of fused-ring (bicyclic) bond motifs is 1. The summed E-state index contributed by atoms with van der Waals surface area (Å²) in [5.74, 6) is 0.235.